The van der Waals surface area contributed by atoms with E-state index in [0.717, 1.165) is 4.90 Å². The molecule has 0 saturated carbocycles. The Hall–Kier alpha value is -6.30. The molecule has 4 heterocycles. The van der Waals surface area contributed by atoms with Crippen molar-refractivity contribution in [3.05, 3.63) is 198 Å². The Bertz CT molecular complexity index is 2730. The van der Waals surface area contributed by atoms with Gasteiger partial charge in [-0.2, -0.15) is 0 Å². The molecule has 3 atom stereocenters. The van der Waals surface area contributed by atoms with Crippen molar-refractivity contribution >= 4 is 33.3 Å². The number of nitrogens with zero attached hydrogens (tertiary/aromatic N) is 5. The molecule has 16 nitrogen and oxygen atoms in total. The number of hydrogen-bond donors (Lipinski definition) is 0. The Balaban J connectivity index is 1.10. The van der Waals surface area contributed by atoms with Crippen molar-refractivity contribution in [1.29, 1.82) is 0 Å². The van der Waals surface area contributed by atoms with E-state index in [0.29, 0.717) is 27.2 Å². The Labute approximate surface area is 408 Å². The fraction of sp³-hybridized carbons (Fsp3) is 0.255. The molecule has 0 bridgehead atoms. The van der Waals surface area contributed by atoms with Crippen LogP contribution in [-0.4, -0.2) is 70.5 Å². The number of phosphoric ester groups is 2. The highest BCUT2D eigenvalue weighted by molar-refractivity contribution is 7.48. The van der Waals surface area contributed by atoms with E-state index in [4.69, 9.17) is 31.9 Å². The third-order valence-electron chi connectivity index (χ3n) is 12.3. The number of fused-ring (bicyclic) bond motifs is 4. The molecule has 3 aliphatic heterocycles. The summed E-state index contributed by atoms with van der Waals surface area (Å²) < 4.78 is 104. The van der Waals surface area contributed by atoms with Crippen LogP contribution in [0.1, 0.15) is 34.7 Å². The lowest BCUT2D eigenvalue weighted by Crippen LogP contribution is -2.71. The van der Waals surface area contributed by atoms with Gasteiger partial charge in [0.1, 0.15) is 18.9 Å². The summed E-state index contributed by atoms with van der Waals surface area (Å²) in [5, 5.41) is 0. The summed E-state index contributed by atoms with van der Waals surface area (Å²) in [7, 11) is -9.27. The molecule has 368 valence electrons. The fourth-order valence-electron chi connectivity index (χ4n) is 8.72. The van der Waals surface area contributed by atoms with Crippen molar-refractivity contribution in [3.8, 4) is 11.3 Å². The largest absolute Gasteiger partial charge is 0.477 e. The van der Waals surface area contributed by atoms with E-state index in [2.05, 4.69) is 16.5 Å². The lowest BCUT2D eigenvalue weighted by atomic mass is 9.66. The highest BCUT2D eigenvalue weighted by Gasteiger charge is 2.63. The normalized spacial score (nSPS) is 19.3. The minimum absolute atomic E-state index is 0.0204. The number of amides is 3. The molecule has 71 heavy (non-hydrogen) atoms. The summed E-state index contributed by atoms with van der Waals surface area (Å²) in [4.78, 5) is 42.1. The van der Waals surface area contributed by atoms with Crippen LogP contribution < -0.4 is 4.90 Å². The van der Waals surface area contributed by atoms with E-state index in [1.165, 1.54) is 29.6 Å². The Morgan fingerprint density at radius 3 is 1.63 bits per heavy atom. The number of imide groups is 1. The van der Waals surface area contributed by atoms with Crippen molar-refractivity contribution in [2.45, 2.75) is 51.9 Å². The molecule has 9 rings (SSSR count). The molecule has 2 fully saturated rings. The van der Waals surface area contributed by atoms with E-state index in [1.807, 2.05) is 0 Å². The smallest absolute Gasteiger partial charge is 0.374 e. The van der Waals surface area contributed by atoms with Crippen LogP contribution >= 0.6 is 15.6 Å². The Morgan fingerprint density at radius 1 is 0.690 bits per heavy atom. The second-order valence-corrected chi connectivity index (χ2v) is 20.3. The van der Waals surface area contributed by atoms with Crippen LogP contribution in [0.2, 0.25) is 0 Å². The van der Waals surface area contributed by atoms with Crippen LogP contribution in [0.25, 0.3) is 11.3 Å². The van der Waals surface area contributed by atoms with Gasteiger partial charge in [-0.25, -0.2) is 27.6 Å². The first-order chi connectivity index (χ1) is 34.4. The highest BCUT2D eigenvalue weighted by atomic mass is 31.2. The minimum Gasteiger partial charge on any atom is -0.374 e. The first kappa shape index (κ1) is 49.7. The van der Waals surface area contributed by atoms with Gasteiger partial charge in [0.25, 0.3) is 0 Å². The van der Waals surface area contributed by atoms with Gasteiger partial charge >= 0.3 is 21.7 Å². The maximum absolute atomic E-state index is 16.7. The topological polar surface area (TPSA) is 168 Å². The molecule has 1 aromatic heterocycles. The van der Waals surface area contributed by atoms with E-state index < -0.39 is 70.2 Å². The Kier molecular flexibility index (Phi) is 15.1. The fourth-order valence-corrected chi connectivity index (χ4v) is 10.9. The molecular formula is C51H49F2N5O11P2. The second-order valence-electron chi connectivity index (χ2n) is 16.9. The number of morpholine rings is 1. The SMILES string of the molecule is C=C1N(COP(=O)(OCc2ccccc2)OCc2ccccc2)C(=O)N(COP(=O)(OCc2ccccc2)OCc2ccccc2)C(=O)C12Cc1cc(-c3cnccn3)c(F)c(F)c1N1C[C@H](C)OC[C@H]12. The zero-order valence-electron chi connectivity index (χ0n) is 38.5. The van der Waals surface area contributed by atoms with Gasteiger partial charge in [0, 0.05) is 30.2 Å². The molecule has 6 aromatic rings. The van der Waals surface area contributed by atoms with Crippen molar-refractivity contribution in [2.75, 3.05) is 31.5 Å². The number of halogens is 2. The third kappa shape index (κ3) is 10.8. The van der Waals surface area contributed by atoms with Gasteiger partial charge < -0.3 is 9.64 Å². The maximum atomic E-state index is 16.7. The Morgan fingerprint density at radius 2 is 1.17 bits per heavy atom. The van der Waals surface area contributed by atoms with Crippen molar-refractivity contribution in [3.63, 3.8) is 0 Å². The van der Waals surface area contributed by atoms with Crippen LogP contribution in [0.3, 0.4) is 0 Å². The molecule has 20 heteroatoms. The summed E-state index contributed by atoms with van der Waals surface area (Å²) >= 11 is 0. The van der Waals surface area contributed by atoms with Crippen LogP contribution in [-0.2, 0) is 78.7 Å². The average molecular weight is 1010 g/mol. The van der Waals surface area contributed by atoms with Crippen molar-refractivity contribution in [2.24, 2.45) is 5.41 Å². The minimum atomic E-state index is -4.66. The number of anilines is 1. The van der Waals surface area contributed by atoms with Crippen LogP contribution in [0, 0.1) is 17.0 Å². The molecule has 0 radical (unpaired) electrons. The third-order valence-corrected chi connectivity index (χ3v) is 15.0. The lowest BCUT2D eigenvalue weighted by molar-refractivity contribution is -0.149. The van der Waals surface area contributed by atoms with Crippen LogP contribution in [0.4, 0.5) is 19.3 Å². The summed E-state index contributed by atoms with van der Waals surface area (Å²) in [6.07, 6.45) is 3.07. The molecule has 0 N–H and O–H groups in total. The maximum Gasteiger partial charge on any atom is 0.477 e. The number of aromatic nitrogens is 2. The number of urea groups is 1. The number of rotatable bonds is 19. The lowest BCUT2D eigenvalue weighted by Gasteiger charge is -2.57. The zero-order valence-corrected chi connectivity index (χ0v) is 40.2. The van der Waals surface area contributed by atoms with Gasteiger partial charge in [-0.15, -0.1) is 0 Å². The van der Waals surface area contributed by atoms with Gasteiger partial charge in [-0.05, 0) is 47.2 Å². The molecule has 1 spiro atoms. The second kappa shape index (κ2) is 21.6. The summed E-state index contributed by atoms with van der Waals surface area (Å²) in [6.45, 7) is 3.01. The van der Waals surface area contributed by atoms with Crippen molar-refractivity contribution in [1.82, 2.24) is 19.8 Å². The van der Waals surface area contributed by atoms with Gasteiger partial charge in [-0.3, -0.25) is 46.8 Å². The quantitative estimate of drug-likeness (QED) is 0.0703. The van der Waals surface area contributed by atoms with Gasteiger partial charge in [0.05, 0.1) is 62.8 Å². The first-order valence-electron chi connectivity index (χ1n) is 22.6. The monoisotopic (exact) mass is 1010 g/mol. The summed E-state index contributed by atoms with van der Waals surface area (Å²) in [5.74, 6) is -3.30. The van der Waals surface area contributed by atoms with E-state index >= 15 is 18.4 Å². The van der Waals surface area contributed by atoms with Crippen LogP contribution in [0.15, 0.2) is 158 Å². The predicted molar refractivity (Wildman–Crippen MR) is 255 cm³/mol. The average Bonchev–Trinajstić information content (AvgIpc) is 3.40. The molecule has 2 saturated heterocycles. The standard InChI is InChI=1S/C51H49F2N5O11P2/c1-36-28-56-45(33-63-36)51(26-42-25-43(44-27-54-23-24-55-44)46(52)47(53)48(42)56)37(2)57(34-68-70(61,64-29-38-15-7-3-8-16-38)65-30-39-17-9-4-10-18-39)50(60)58(49(51)59)35-69-71(62,66-31-40-19-11-5-12-20-40)67-32-41-21-13-6-14-22-41/h3-25,27,36,45H,2,26,28-35H2,1H3/t36-,45-,51?/m0/s1. The number of phosphoric acid groups is 2. The molecule has 0 aliphatic carbocycles. The number of carbonyl (C=O) groups excluding carboxylic acids is 2. The molecule has 1 unspecified atom stereocenters. The highest BCUT2D eigenvalue weighted by Crippen LogP contribution is 2.56. The number of carbonyl (C=O) groups is 2. The van der Waals surface area contributed by atoms with E-state index in [1.54, 1.807) is 128 Å². The van der Waals surface area contributed by atoms with Gasteiger partial charge in [0.15, 0.2) is 11.6 Å². The summed E-state index contributed by atoms with van der Waals surface area (Å²) in [6, 6.07) is 34.4. The predicted octanol–water partition coefficient (Wildman–Crippen LogP) is 10.4. The zero-order chi connectivity index (χ0) is 49.6. The molecular weight excluding hydrogens is 959 g/mol. The van der Waals surface area contributed by atoms with Gasteiger partial charge in [0.2, 0.25) is 5.91 Å². The van der Waals surface area contributed by atoms with Crippen molar-refractivity contribution < 1.29 is 59.4 Å². The van der Waals surface area contributed by atoms with Crippen LogP contribution in [0.5, 0.6) is 0 Å². The van der Waals surface area contributed by atoms with E-state index in [-0.39, 0.29) is 74.2 Å². The first-order valence-corrected chi connectivity index (χ1v) is 25.5. The molecule has 5 aromatic carbocycles. The number of ether oxygens (including phenoxy) is 1. The molecule has 3 amide bonds. The summed E-state index contributed by atoms with van der Waals surface area (Å²) in [5.41, 5.74) is 0.212. The van der Waals surface area contributed by atoms with E-state index in [9.17, 15) is 9.13 Å². The number of hydrogen-bond acceptors (Lipinski definition) is 14. The molecule has 3 aliphatic rings. The number of benzene rings is 5. The van der Waals surface area contributed by atoms with Gasteiger partial charge in [-0.1, -0.05) is 128 Å².